The lowest BCUT2D eigenvalue weighted by Gasteiger charge is -2.20. The monoisotopic (exact) mass is 510 g/mol. The number of carbonyl (C=O) groups excluding carboxylic acids is 2. The molecule has 38 heavy (non-hydrogen) atoms. The molecule has 1 heterocycles. The third-order valence-electron chi connectivity index (χ3n) is 6.60. The van der Waals surface area contributed by atoms with E-state index in [1.54, 1.807) is 31.2 Å². The number of hydrogen-bond acceptors (Lipinski definition) is 5. The number of alkyl halides is 1. The first kappa shape index (κ1) is 25.4. The van der Waals surface area contributed by atoms with Crippen LogP contribution in [0.3, 0.4) is 0 Å². The second kappa shape index (κ2) is 11.4. The molecule has 192 valence electrons. The van der Waals surface area contributed by atoms with Crippen molar-refractivity contribution in [3.63, 3.8) is 0 Å². The molecule has 0 aromatic heterocycles. The van der Waals surface area contributed by atoms with E-state index in [0.29, 0.717) is 11.1 Å². The fourth-order valence-electron chi connectivity index (χ4n) is 4.47. The molecule has 4 atom stereocenters. The van der Waals surface area contributed by atoms with Crippen molar-refractivity contribution in [1.82, 2.24) is 0 Å². The molecular weight excluding hydrogens is 483 g/mol. The molecule has 6 heteroatoms. The van der Waals surface area contributed by atoms with Gasteiger partial charge in [0.1, 0.15) is 12.7 Å². The summed E-state index contributed by atoms with van der Waals surface area (Å²) in [5.41, 5.74) is 4.63. The van der Waals surface area contributed by atoms with E-state index in [9.17, 15) is 14.0 Å². The molecule has 4 aromatic rings. The Labute approximate surface area is 220 Å². The molecule has 0 spiro atoms. The fourth-order valence-corrected chi connectivity index (χ4v) is 4.47. The van der Waals surface area contributed by atoms with Crippen LogP contribution in [0.15, 0.2) is 109 Å². The maximum Gasteiger partial charge on any atom is 0.338 e. The van der Waals surface area contributed by atoms with Crippen molar-refractivity contribution in [1.29, 1.82) is 0 Å². The molecule has 0 aliphatic carbocycles. The summed E-state index contributed by atoms with van der Waals surface area (Å²) in [5, 5.41) is 0. The number of benzene rings is 4. The van der Waals surface area contributed by atoms with Gasteiger partial charge in [0.2, 0.25) is 0 Å². The first-order valence-corrected chi connectivity index (χ1v) is 12.5. The summed E-state index contributed by atoms with van der Waals surface area (Å²) in [7, 11) is 0. The molecule has 0 N–H and O–H groups in total. The Bertz CT molecular complexity index is 1370. The molecule has 5 rings (SSSR count). The average Bonchev–Trinajstić information content (AvgIpc) is 3.24. The highest BCUT2D eigenvalue weighted by Crippen LogP contribution is 2.28. The molecule has 4 aromatic carbocycles. The van der Waals surface area contributed by atoms with Gasteiger partial charge in [0, 0.05) is 0 Å². The Morgan fingerprint density at radius 3 is 1.63 bits per heavy atom. The summed E-state index contributed by atoms with van der Waals surface area (Å²) in [5.74, 6) is -1.23. The Balaban J connectivity index is 1.20. The van der Waals surface area contributed by atoms with Crippen LogP contribution in [0.2, 0.25) is 0 Å². The van der Waals surface area contributed by atoms with Crippen LogP contribution >= 0.6 is 0 Å². The van der Waals surface area contributed by atoms with Gasteiger partial charge in [-0.25, -0.2) is 14.0 Å². The maximum atomic E-state index is 14.9. The Hall–Kier alpha value is -4.29. The third kappa shape index (κ3) is 5.66. The molecule has 1 unspecified atom stereocenters. The minimum atomic E-state index is -1.55. The summed E-state index contributed by atoms with van der Waals surface area (Å²) in [6.45, 7) is 1.32. The zero-order valence-corrected chi connectivity index (χ0v) is 20.8. The van der Waals surface area contributed by atoms with Gasteiger partial charge in [-0.15, -0.1) is 0 Å². The summed E-state index contributed by atoms with van der Waals surface area (Å²) in [6, 6.07) is 33.5. The largest absolute Gasteiger partial charge is 0.459 e. The van der Waals surface area contributed by atoms with Crippen LogP contribution in [-0.4, -0.2) is 43.0 Å². The van der Waals surface area contributed by atoms with Crippen molar-refractivity contribution in [2.75, 3.05) is 6.61 Å². The number of hydrogen-bond donors (Lipinski definition) is 0. The van der Waals surface area contributed by atoms with E-state index < -0.39 is 36.4 Å². The van der Waals surface area contributed by atoms with Gasteiger partial charge in [0.05, 0.1) is 17.2 Å². The first-order valence-electron chi connectivity index (χ1n) is 12.5. The van der Waals surface area contributed by atoms with Crippen molar-refractivity contribution in [2.45, 2.75) is 31.4 Å². The molecule has 1 aliphatic heterocycles. The predicted molar refractivity (Wildman–Crippen MR) is 142 cm³/mol. The minimum absolute atomic E-state index is 0.241. The van der Waals surface area contributed by atoms with Crippen LogP contribution in [0, 0.1) is 0 Å². The fraction of sp³-hybridized carbons (Fsp3) is 0.188. The number of ether oxygens (including phenoxy) is 3. The highest BCUT2D eigenvalue weighted by atomic mass is 19.1. The summed E-state index contributed by atoms with van der Waals surface area (Å²) in [4.78, 5) is 25.4. The maximum absolute atomic E-state index is 14.9. The predicted octanol–water partition coefficient (Wildman–Crippen LogP) is 6.53. The molecule has 1 fully saturated rings. The first-order chi connectivity index (χ1) is 18.5. The lowest BCUT2D eigenvalue weighted by atomic mass is 10.0. The lowest BCUT2D eigenvalue weighted by Crippen LogP contribution is -2.37. The van der Waals surface area contributed by atoms with Crippen LogP contribution in [0.25, 0.3) is 22.3 Å². The number of rotatable bonds is 7. The molecule has 0 radical (unpaired) electrons. The van der Waals surface area contributed by atoms with E-state index in [4.69, 9.17) is 14.2 Å². The summed E-state index contributed by atoms with van der Waals surface area (Å²) in [6.07, 6.45) is -4.46. The van der Waals surface area contributed by atoms with E-state index in [0.717, 1.165) is 22.3 Å². The number of carbonyl (C=O) groups is 2. The van der Waals surface area contributed by atoms with Crippen molar-refractivity contribution in [3.05, 3.63) is 120 Å². The lowest BCUT2D eigenvalue weighted by molar-refractivity contribution is -0.0403. The van der Waals surface area contributed by atoms with Gasteiger partial charge in [-0.3, -0.25) is 0 Å². The van der Waals surface area contributed by atoms with Crippen LogP contribution < -0.4 is 0 Å². The minimum Gasteiger partial charge on any atom is -0.459 e. The number of halogens is 1. The van der Waals surface area contributed by atoms with Gasteiger partial charge in [-0.05, 0) is 53.4 Å². The van der Waals surface area contributed by atoms with Crippen LogP contribution in [0.4, 0.5) is 4.39 Å². The smallest absolute Gasteiger partial charge is 0.338 e. The van der Waals surface area contributed by atoms with Gasteiger partial charge in [-0.2, -0.15) is 0 Å². The molecule has 1 aliphatic rings. The summed E-state index contributed by atoms with van der Waals surface area (Å²) >= 11 is 0. The Morgan fingerprint density at radius 2 is 1.13 bits per heavy atom. The van der Waals surface area contributed by atoms with Gasteiger partial charge in [0.25, 0.3) is 0 Å². The Morgan fingerprint density at radius 1 is 0.684 bits per heavy atom. The normalized spacial score (nSPS) is 20.6. The topological polar surface area (TPSA) is 61.8 Å². The molecular formula is C32H27FO5. The zero-order valence-electron chi connectivity index (χ0n) is 20.8. The van der Waals surface area contributed by atoms with Gasteiger partial charge < -0.3 is 14.2 Å². The zero-order chi connectivity index (χ0) is 26.5. The quantitative estimate of drug-likeness (QED) is 0.265. The molecule has 5 nitrogen and oxygen atoms in total. The van der Waals surface area contributed by atoms with E-state index in [1.165, 1.54) is 0 Å². The van der Waals surface area contributed by atoms with E-state index in [1.807, 2.05) is 84.9 Å². The highest BCUT2D eigenvalue weighted by Gasteiger charge is 2.46. The molecule has 0 saturated carbocycles. The van der Waals surface area contributed by atoms with Crippen molar-refractivity contribution >= 4 is 11.9 Å². The van der Waals surface area contributed by atoms with E-state index in [2.05, 4.69) is 0 Å². The third-order valence-corrected chi connectivity index (χ3v) is 6.60. The highest BCUT2D eigenvalue weighted by molar-refractivity contribution is 5.91. The van der Waals surface area contributed by atoms with Crippen molar-refractivity contribution < 1.29 is 28.2 Å². The van der Waals surface area contributed by atoms with Crippen LogP contribution in [0.5, 0.6) is 0 Å². The Kier molecular flexibility index (Phi) is 7.61. The van der Waals surface area contributed by atoms with Crippen molar-refractivity contribution in [2.24, 2.45) is 0 Å². The summed E-state index contributed by atoms with van der Waals surface area (Å²) < 4.78 is 31.5. The van der Waals surface area contributed by atoms with E-state index >= 15 is 0 Å². The SMILES string of the molecule is CC1O[C@H](COC(=O)c2ccc(-c3ccccc3)cc2)[C@@H](OC(=O)c2ccc(-c3ccccc3)cc2)[C@@H]1F. The van der Waals surface area contributed by atoms with Crippen LogP contribution in [-0.2, 0) is 14.2 Å². The van der Waals surface area contributed by atoms with Crippen LogP contribution in [0.1, 0.15) is 27.6 Å². The molecule has 0 amide bonds. The van der Waals surface area contributed by atoms with Crippen molar-refractivity contribution in [3.8, 4) is 22.3 Å². The average molecular weight is 511 g/mol. The van der Waals surface area contributed by atoms with Gasteiger partial charge in [-0.1, -0.05) is 84.9 Å². The molecule has 1 saturated heterocycles. The van der Waals surface area contributed by atoms with Gasteiger partial charge in [0.15, 0.2) is 12.3 Å². The molecule has 0 bridgehead atoms. The second-order valence-corrected chi connectivity index (χ2v) is 9.18. The van der Waals surface area contributed by atoms with Gasteiger partial charge >= 0.3 is 11.9 Å². The van der Waals surface area contributed by atoms with E-state index in [-0.39, 0.29) is 6.61 Å². The second-order valence-electron chi connectivity index (χ2n) is 9.18. The standard InChI is InChI=1S/C32H27FO5/c1-21-29(33)30(38-32(35)27-18-14-25(15-19-27)23-10-6-3-7-11-23)28(37-21)20-36-31(34)26-16-12-24(13-17-26)22-8-4-2-5-9-22/h2-19,21,28-30H,20H2,1H3/t21?,28-,29-,30-/m1/s1. The number of esters is 2.